The summed E-state index contributed by atoms with van der Waals surface area (Å²) >= 11 is 0. The third-order valence-corrected chi connectivity index (χ3v) is 5.32. The molecule has 3 rings (SSSR count). The number of nitrogens with zero attached hydrogens (tertiary/aromatic N) is 1. The summed E-state index contributed by atoms with van der Waals surface area (Å²) in [5.41, 5.74) is 2.41. The summed E-state index contributed by atoms with van der Waals surface area (Å²) in [6, 6.07) is 12.4. The molecule has 6 nitrogen and oxygen atoms in total. The van der Waals surface area contributed by atoms with Gasteiger partial charge in [-0.3, -0.25) is 4.79 Å². The average Bonchev–Trinajstić information content (AvgIpc) is 2.61. The van der Waals surface area contributed by atoms with Crippen LogP contribution in [0.4, 0.5) is 0 Å². The van der Waals surface area contributed by atoms with E-state index in [2.05, 4.69) is 5.32 Å². The molecule has 132 valence electrons. The first-order valence-electron chi connectivity index (χ1n) is 8.11. The van der Waals surface area contributed by atoms with Crippen LogP contribution in [-0.2, 0) is 10.0 Å². The van der Waals surface area contributed by atoms with Gasteiger partial charge in [0.1, 0.15) is 0 Å². The van der Waals surface area contributed by atoms with Gasteiger partial charge in [0.05, 0.1) is 10.5 Å². The summed E-state index contributed by atoms with van der Waals surface area (Å²) in [7, 11) is -4.03. The first-order valence-corrected chi connectivity index (χ1v) is 9.66. The van der Waals surface area contributed by atoms with Gasteiger partial charge in [-0.25, -0.2) is 13.6 Å². The molecular formula is C18H21N3O3S. The molecule has 0 aromatic heterocycles. The second-order valence-electron chi connectivity index (χ2n) is 6.08. The lowest BCUT2D eigenvalue weighted by atomic mass is 9.94. The second kappa shape index (κ2) is 6.95. The van der Waals surface area contributed by atoms with Crippen molar-refractivity contribution in [3.8, 4) is 11.1 Å². The Morgan fingerprint density at radius 3 is 2.32 bits per heavy atom. The number of hydrogen-bond donors (Lipinski definition) is 2. The number of sulfonamides is 1. The van der Waals surface area contributed by atoms with E-state index < -0.39 is 10.0 Å². The highest BCUT2D eigenvalue weighted by molar-refractivity contribution is 7.89. The van der Waals surface area contributed by atoms with Crippen LogP contribution in [0.2, 0.25) is 0 Å². The quantitative estimate of drug-likeness (QED) is 0.865. The van der Waals surface area contributed by atoms with E-state index >= 15 is 0 Å². The smallest absolute Gasteiger partial charge is 0.255 e. The fourth-order valence-electron chi connectivity index (χ4n) is 3.14. The molecule has 2 aromatic carbocycles. The van der Waals surface area contributed by atoms with E-state index in [1.54, 1.807) is 11.0 Å². The molecule has 25 heavy (non-hydrogen) atoms. The molecule has 0 aliphatic carbocycles. The van der Waals surface area contributed by atoms with E-state index in [4.69, 9.17) is 5.14 Å². The molecule has 0 bridgehead atoms. The van der Waals surface area contributed by atoms with Gasteiger partial charge < -0.3 is 10.2 Å². The van der Waals surface area contributed by atoms with Crippen molar-refractivity contribution >= 4 is 15.9 Å². The fourth-order valence-corrected chi connectivity index (χ4v) is 3.87. The molecule has 1 heterocycles. The molecule has 7 heteroatoms. The van der Waals surface area contributed by atoms with Crippen LogP contribution in [0.25, 0.3) is 11.1 Å². The lowest BCUT2D eigenvalue weighted by Gasteiger charge is -2.29. The topological polar surface area (TPSA) is 92.5 Å². The van der Waals surface area contributed by atoms with Gasteiger partial charge in [0.25, 0.3) is 5.91 Å². The number of carbonyl (C=O) groups is 1. The van der Waals surface area contributed by atoms with Crippen LogP contribution in [0.5, 0.6) is 0 Å². The maximum absolute atomic E-state index is 13.2. The number of nitrogens with two attached hydrogens (primary N) is 1. The highest BCUT2D eigenvalue weighted by atomic mass is 32.2. The van der Waals surface area contributed by atoms with Gasteiger partial charge in [-0.1, -0.05) is 36.4 Å². The SMILES string of the molecule is Cc1ccc(S(N)(=O)=O)c(C(=O)N2CCNCC2)c1-c1ccccc1. The standard InChI is InChI=1S/C18H21N3O3S/c1-13-7-8-15(25(19,23)24)17(16(13)14-5-3-2-4-6-14)18(22)21-11-9-20-10-12-21/h2-8,20H,9-12H2,1H3,(H2,19,23,24). The number of piperazine rings is 1. The Hall–Kier alpha value is -2.22. The third-order valence-electron chi connectivity index (χ3n) is 4.36. The number of amides is 1. The summed E-state index contributed by atoms with van der Waals surface area (Å²) < 4.78 is 24.3. The molecule has 0 spiro atoms. The lowest BCUT2D eigenvalue weighted by molar-refractivity contribution is 0.0732. The normalized spacial score (nSPS) is 15.2. The van der Waals surface area contributed by atoms with Gasteiger partial charge in [0.15, 0.2) is 0 Å². The molecule has 1 fully saturated rings. The Labute approximate surface area is 147 Å². The fraction of sp³-hybridized carbons (Fsp3) is 0.278. The number of hydrogen-bond acceptors (Lipinski definition) is 4. The van der Waals surface area contributed by atoms with Gasteiger partial charge in [-0.05, 0) is 29.7 Å². The zero-order valence-electron chi connectivity index (χ0n) is 14.0. The number of nitrogens with one attached hydrogen (secondary N) is 1. The highest BCUT2D eigenvalue weighted by Gasteiger charge is 2.29. The van der Waals surface area contributed by atoms with E-state index in [1.807, 2.05) is 37.3 Å². The first-order chi connectivity index (χ1) is 11.9. The monoisotopic (exact) mass is 359 g/mol. The maximum atomic E-state index is 13.2. The molecule has 1 aliphatic heterocycles. The number of benzene rings is 2. The molecule has 0 saturated carbocycles. The van der Waals surface area contributed by atoms with Crippen molar-refractivity contribution in [2.24, 2.45) is 5.14 Å². The van der Waals surface area contributed by atoms with E-state index in [1.165, 1.54) is 6.07 Å². The average molecular weight is 359 g/mol. The third kappa shape index (κ3) is 3.58. The zero-order valence-corrected chi connectivity index (χ0v) is 14.8. The van der Waals surface area contributed by atoms with Crippen molar-refractivity contribution in [1.29, 1.82) is 0 Å². The Morgan fingerprint density at radius 1 is 1.08 bits per heavy atom. The molecule has 0 radical (unpaired) electrons. The van der Waals surface area contributed by atoms with E-state index in [9.17, 15) is 13.2 Å². The van der Waals surface area contributed by atoms with Crippen molar-refractivity contribution in [1.82, 2.24) is 10.2 Å². The molecule has 0 atom stereocenters. The van der Waals surface area contributed by atoms with Crippen LogP contribution < -0.4 is 10.5 Å². The van der Waals surface area contributed by atoms with Crippen LogP contribution in [0, 0.1) is 6.92 Å². The lowest BCUT2D eigenvalue weighted by Crippen LogP contribution is -2.47. The predicted molar refractivity (Wildman–Crippen MR) is 96.8 cm³/mol. The second-order valence-corrected chi connectivity index (χ2v) is 7.61. The van der Waals surface area contributed by atoms with Crippen LogP contribution in [0.3, 0.4) is 0 Å². The number of carbonyl (C=O) groups excluding carboxylic acids is 1. The van der Waals surface area contributed by atoms with Crippen molar-refractivity contribution < 1.29 is 13.2 Å². The van der Waals surface area contributed by atoms with Crippen molar-refractivity contribution in [3.05, 3.63) is 53.6 Å². The van der Waals surface area contributed by atoms with Crippen molar-refractivity contribution in [3.63, 3.8) is 0 Å². The van der Waals surface area contributed by atoms with Gasteiger partial charge in [0, 0.05) is 26.2 Å². The van der Waals surface area contributed by atoms with Gasteiger partial charge in [-0.2, -0.15) is 0 Å². The molecule has 3 N–H and O–H groups in total. The summed E-state index contributed by atoms with van der Waals surface area (Å²) in [6.45, 7) is 4.30. The molecule has 1 amide bonds. The van der Waals surface area contributed by atoms with E-state index in [0.717, 1.165) is 11.1 Å². The predicted octanol–water partition coefficient (Wildman–Crippen LogP) is 1.35. The maximum Gasteiger partial charge on any atom is 0.255 e. The summed E-state index contributed by atoms with van der Waals surface area (Å²) in [4.78, 5) is 14.7. The number of aryl methyl sites for hydroxylation is 1. The molecule has 0 unspecified atom stereocenters. The highest BCUT2D eigenvalue weighted by Crippen LogP contribution is 2.32. The Balaban J connectivity index is 2.25. The van der Waals surface area contributed by atoms with E-state index in [-0.39, 0.29) is 16.4 Å². The number of primary sulfonamides is 1. The Bertz CT molecular complexity index is 889. The minimum Gasteiger partial charge on any atom is -0.336 e. The van der Waals surface area contributed by atoms with Crippen LogP contribution in [-0.4, -0.2) is 45.4 Å². The zero-order chi connectivity index (χ0) is 18.0. The molecular weight excluding hydrogens is 338 g/mol. The van der Waals surface area contributed by atoms with Crippen LogP contribution >= 0.6 is 0 Å². The molecule has 2 aromatic rings. The first kappa shape index (κ1) is 17.6. The summed E-state index contributed by atoms with van der Waals surface area (Å²) in [5, 5.41) is 8.60. The van der Waals surface area contributed by atoms with Crippen molar-refractivity contribution in [2.75, 3.05) is 26.2 Å². The van der Waals surface area contributed by atoms with Crippen LogP contribution in [0.15, 0.2) is 47.4 Å². The molecule has 1 aliphatic rings. The van der Waals surface area contributed by atoms with E-state index in [0.29, 0.717) is 31.7 Å². The van der Waals surface area contributed by atoms with Crippen molar-refractivity contribution in [2.45, 2.75) is 11.8 Å². The summed E-state index contributed by atoms with van der Waals surface area (Å²) in [5.74, 6) is -0.298. The van der Waals surface area contributed by atoms with Crippen LogP contribution in [0.1, 0.15) is 15.9 Å². The van der Waals surface area contributed by atoms with Gasteiger partial charge in [0.2, 0.25) is 10.0 Å². The van der Waals surface area contributed by atoms with Gasteiger partial charge in [-0.15, -0.1) is 0 Å². The minimum absolute atomic E-state index is 0.125. The minimum atomic E-state index is -4.03. The molecule has 1 saturated heterocycles. The Kier molecular flexibility index (Phi) is 4.89. The Morgan fingerprint density at radius 2 is 1.72 bits per heavy atom. The number of rotatable bonds is 3. The van der Waals surface area contributed by atoms with Gasteiger partial charge >= 0.3 is 0 Å². The summed E-state index contributed by atoms with van der Waals surface area (Å²) in [6.07, 6.45) is 0. The largest absolute Gasteiger partial charge is 0.336 e.